The number of amides is 2. The largest absolute Gasteiger partial charge is 0.494 e. The first kappa shape index (κ1) is 30.5. The second-order valence-electron chi connectivity index (χ2n) is 12.8. The van der Waals surface area contributed by atoms with Crippen molar-refractivity contribution in [3.63, 3.8) is 0 Å². The Labute approximate surface area is 261 Å². The van der Waals surface area contributed by atoms with Gasteiger partial charge < -0.3 is 25.2 Å². The van der Waals surface area contributed by atoms with Crippen LogP contribution in [0.4, 0.5) is 4.39 Å². The lowest BCUT2D eigenvalue weighted by Gasteiger charge is -2.31. The van der Waals surface area contributed by atoms with Gasteiger partial charge in [0.15, 0.2) is 0 Å². The van der Waals surface area contributed by atoms with Gasteiger partial charge in [0, 0.05) is 33.8 Å². The van der Waals surface area contributed by atoms with E-state index >= 15 is 0 Å². The summed E-state index contributed by atoms with van der Waals surface area (Å²) in [6.07, 6.45) is 5.57. The number of ether oxygens (including phenoxy) is 2. The Morgan fingerprint density at radius 2 is 1.84 bits per heavy atom. The van der Waals surface area contributed by atoms with Gasteiger partial charge in [0.2, 0.25) is 5.91 Å². The van der Waals surface area contributed by atoms with Crippen LogP contribution in [-0.4, -0.2) is 52.7 Å². The normalized spacial score (nSPS) is 19.8. The molecule has 1 fully saturated rings. The van der Waals surface area contributed by atoms with Crippen LogP contribution in [0.1, 0.15) is 68.1 Å². The number of nitrogens with zero attached hydrogens (tertiary/aromatic N) is 2. The van der Waals surface area contributed by atoms with Gasteiger partial charge in [0.1, 0.15) is 46.1 Å². The molecule has 9 nitrogen and oxygen atoms in total. The van der Waals surface area contributed by atoms with Crippen LogP contribution in [0.15, 0.2) is 60.8 Å². The van der Waals surface area contributed by atoms with Crippen molar-refractivity contribution in [2.24, 2.45) is 0 Å². The number of hydrogen-bond acceptors (Lipinski definition) is 7. The van der Waals surface area contributed by atoms with E-state index in [-0.39, 0.29) is 30.3 Å². The Kier molecular flexibility index (Phi) is 7.72. The van der Waals surface area contributed by atoms with Crippen molar-refractivity contribution in [1.29, 1.82) is 0 Å². The van der Waals surface area contributed by atoms with Crippen LogP contribution in [0.25, 0.3) is 22.2 Å². The molecule has 45 heavy (non-hydrogen) atoms. The number of halogens is 1. The molecule has 0 radical (unpaired) electrons. The standard InChI is InChI=1S/C35H37FN4O5/c1-33(13-5-6-14-33)40-32(42)34(2)20-45-30-25(34)18-27(39-29(30)21-9-11-24(36)12-10-21)35(3,43)19-38-31(41)23-16-22-8-7-15-37-28(22)26(17-23)44-4/h7-12,15-18,43H,5-6,13-14,19-20H2,1-4H3,(H,38,41)(H,40,42)/t34-,35-/m0/s1. The molecule has 0 bridgehead atoms. The van der Waals surface area contributed by atoms with E-state index in [9.17, 15) is 19.1 Å². The fraction of sp³-hybridized carbons (Fsp3) is 0.371. The van der Waals surface area contributed by atoms with Crippen molar-refractivity contribution >= 4 is 22.7 Å². The van der Waals surface area contributed by atoms with Crippen LogP contribution in [-0.2, 0) is 15.8 Å². The molecule has 0 spiro atoms. The average Bonchev–Trinajstić information content (AvgIpc) is 3.62. The molecule has 2 amide bonds. The molecule has 2 aliphatic rings. The van der Waals surface area contributed by atoms with Crippen molar-refractivity contribution in [2.45, 2.75) is 63.0 Å². The minimum atomic E-state index is -1.65. The first-order valence-corrected chi connectivity index (χ1v) is 15.1. The SMILES string of the molecule is COc1cc(C(=O)NC[C@](C)(O)c2cc3c(c(-c4ccc(F)cc4)n2)OC[C@]3(C)C(=O)NC2(C)CCCC2)cc2cccnc12. The van der Waals surface area contributed by atoms with E-state index in [1.807, 2.05) is 13.0 Å². The summed E-state index contributed by atoms with van der Waals surface area (Å²) < 4.78 is 25.5. The molecule has 0 unspecified atom stereocenters. The lowest BCUT2D eigenvalue weighted by Crippen LogP contribution is -2.52. The fourth-order valence-corrected chi connectivity index (χ4v) is 6.23. The number of fused-ring (bicyclic) bond motifs is 2. The van der Waals surface area contributed by atoms with E-state index in [0.717, 1.165) is 31.1 Å². The first-order chi connectivity index (χ1) is 21.4. The van der Waals surface area contributed by atoms with Crippen molar-refractivity contribution in [3.05, 3.63) is 83.4 Å². The lowest BCUT2D eigenvalue weighted by molar-refractivity contribution is -0.128. The summed E-state index contributed by atoms with van der Waals surface area (Å²) in [5.74, 6) is -0.121. The number of pyridine rings is 2. The maximum atomic E-state index is 13.9. The summed E-state index contributed by atoms with van der Waals surface area (Å²) in [5.41, 5.74) is -0.284. The van der Waals surface area contributed by atoms with Gasteiger partial charge in [-0.05, 0) is 82.1 Å². The molecule has 234 valence electrons. The van der Waals surface area contributed by atoms with Gasteiger partial charge >= 0.3 is 0 Å². The molecular formula is C35H37FN4O5. The van der Waals surface area contributed by atoms with Crippen LogP contribution < -0.4 is 20.1 Å². The number of carbonyl (C=O) groups excluding carboxylic acids is 2. The molecule has 1 aliphatic heterocycles. The third kappa shape index (κ3) is 5.70. The monoisotopic (exact) mass is 612 g/mol. The molecule has 2 aromatic carbocycles. The van der Waals surface area contributed by atoms with Crippen LogP contribution in [0, 0.1) is 5.82 Å². The van der Waals surface area contributed by atoms with Gasteiger partial charge in [-0.1, -0.05) is 18.9 Å². The summed E-state index contributed by atoms with van der Waals surface area (Å²) in [6, 6.07) is 14.4. The van der Waals surface area contributed by atoms with E-state index in [2.05, 4.69) is 22.5 Å². The maximum Gasteiger partial charge on any atom is 0.251 e. The first-order valence-electron chi connectivity index (χ1n) is 15.1. The molecule has 2 aromatic heterocycles. The van der Waals surface area contributed by atoms with E-state index < -0.39 is 22.7 Å². The van der Waals surface area contributed by atoms with Gasteiger partial charge in [-0.2, -0.15) is 0 Å². The Morgan fingerprint density at radius 3 is 2.56 bits per heavy atom. The number of nitrogens with one attached hydrogen (secondary N) is 2. The van der Waals surface area contributed by atoms with Crippen LogP contribution in [0.5, 0.6) is 11.5 Å². The highest BCUT2D eigenvalue weighted by atomic mass is 19.1. The van der Waals surface area contributed by atoms with Crippen molar-refractivity contribution in [1.82, 2.24) is 20.6 Å². The summed E-state index contributed by atoms with van der Waals surface area (Å²) in [4.78, 5) is 36.3. The van der Waals surface area contributed by atoms with Crippen molar-refractivity contribution in [2.75, 3.05) is 20.3 Å². The highest BCUT2D eigenvalue weighted by Crippen LogP contribution is 2.46. The molecule has 4 aromatic rings. The van der Waals surface area contributed by atoms with Gasteiger partial charge in [0.25, 0.3) is 5.91 Å². The minimum absolute atomic E-state index is 0.0844. The predicted octanol–water partition coefficient (Wildman–Crippen LogP) is 5.18. The molecule has 10 heteroatoms. The van der Waals surface area contributed by atoms with Crippen LogP contribution in [0.2, 0.25) is 0 Å². The summed E-state index contributed by atoms with van der Waals surface area (Å²) in [7, 11) is 1.51. The maximum absolute atomic E-state index is 13.9. The number of rotatable bonds is 8. The Hall–Kier alpha value is -4.57. The second-order valence-corrected chi connectivity index (χ2v) is 12.8. The predicted molar refractivity (Wildman–Crippen MR) is 168 cm³/mol. The molecule has 2 atom stereocenters. The Morgan fingerprint density at radius 1 is 1.11 bits per heavy atom. The number of hydrogen-bond donors (Lipinski definition) is 3. The van der Waals surface area contributed by atoms with E-state index in [1.54, 1.807) is 49.5 Å². The smallest absolute Gasteiger partial charge is 0.251 e. The lowest BCUT2D eigenvalue weighted by atomic mass is 9.81. The van der Waals surface area contributed by atoms with Crippen molar-refractivity contribution < 1.29 is 28.6 Å². The zero-order valence-corrected chi connectivity index (χ0v) is 25.9. The van der Waals surface area contributed by atoms with Crippen LogP contribution in [0.3, 0.4) is 0 Å². The number of carbonyl (C=O) groups is 2. The molecular weight excluding hydrogens is 575 g/mol. The van der Waals surface area contributed by atoms with Gasteiger partial charge in [-0.3, -0.25) is 14.6 Å². The summed E-state index contributed by atoms with van der Waals surface area (Å²) in [5, 5.41) is 18.6. The average molecular weight is 613 g/mol. The van der Waals surface area contributed by atoms with Gasteiger partial charge in [-0.15, -0.1) is 0 Å². The van der Waals surface area contributed by atoms with E-state index in [1.165, 1.54) is 19.2 Å². The molecule has 6 rings (SSSR count). The number of aromatic nitrogens is 2. The zero-order chi connectivity index (χ0) is 32.0. The minimum Gasteiger partial charge on any atom is -0.494 e. The van der Waals surface area contributed by atoms with Gasteiger partial charge in [0.05, 0.1) is 19.3 Å². The van der Waals surface area contributed by atoms with Crippen molar-refractivity contribution in [3.8, 4) is 22.8 Å². The van der Waals surface area contributed by atoms with Crippen LogP contribution >= 0.6 is 0 Å². The third-order valence-electron chi connectivity index (χ3n) is 9.11. The molecule has 0 saturated heterocycles. The second kappa shape index (κ2) is 11.4. The summed E-state index contributed by atoms with van der Waals surface area (Å²) >= 11 is 0. The number of benzene rings is 2. The fourth-order valence-electron chi connectivity index (χ4n) is 6.23. The molecule has 1 aliphatic carbocycles. The quantitative estimate of drug-likeness (QED) is 0.251. The molecule has 1 saturated carbocycles. The van der Waals surface area contributed by atoms with Gasteiger partial charge in [-0.25, -0.2) is 9.37 Å². The third-order valence-corrected chi connectivity index (χ3v) is 9.11. The Bertz CT molecular complexity index is 1790. The number of methoxy groups -OCH3 is 1. The van der Waals surface area contributed by atoms with E-state index in [4.69, 9.17) is 14.5 Å². The summed E-state index contributed by atoms with van der Waals surface area (Å²) in [6.45, 7) is 5.34. The Balaban J connectivity index is 1.34. The molecule has 3 heterocycles. The highest BCUT2D eigenvalue weighted by molar-refractivity contribution is 6.00. The molecule has 3 N–H and O–H groups in total. The topological polar surface area (TPSA) is 123 Å². The highest BCUT2D eigenvalue weighted by Gasteiger charge is 2.48. The number of aliphatic hydroxyl groups is 1. The zero-order valence-electron chi connectivity index (χ0n) is 25.9. The van der Waals surface area contributed by atoms with E-state index in [0.29, 0.717) is 39.4 Å².